The number of carbonyl (C=O) groups excluding carboxylic acids is 1. The van der Waals surface area contributed by atoms with E-state index in [4.69, 9.17) is 12.2 Å². The van der Waals surface area contributed by atoms with Crippen molar-refractivity contribution in [3.8, 4) is 0 Å². The monoisotopic (exact) mass is 333 g/mol. The van der Waals surface area contributed by atoms with Crippen molar-refractivity contribution in [1.82, 2.24) is 10.6 Å². The summed E-state index contributed by atoms with van der Waals surface area (Å²) in [7, 11) is 0. The summed E-state index contributed by atoms with van der Waals surface area (Å²) < 4.78 is 0. The molecular formula is C18H27N3OS. The number of thiocarbonyl (C=S) groups is 1. The molecule has 1 fully saturated rings. The van der Waals surface area contributed by atoms with Crippen LogP contribution in [0.5, 0.6) is 0 Å². The summed E-state index contributed by atoms with van der Waals surface area (Å²) in [6, 6.07) is 8.29. The van der Waals surface area contributed by atoms with E-state index in [1.807, 2.05) is 24.3 Å². The highest BCUT2D eigenvalue weighted by molar-refractivity contribution is 7.80. The first-order chi connectivity index (χ1) is 11.1. The van der Waals surface area contributed by atoms with E-state index in [0.29, 0.717) is 17.1 Å². The number of anilines is 1. The lowest BCUT2D eigenvalue weighted by Crippen LogP contribution is -2.47. The highest BCUT2D eigenvalue weighted by atomic mass is 32.1. The molecule has 1 aliphatic rings. The van der Waals surface area contributed by atoms with Gasteiger partial charge < -0.3 is 16.0 Å². The standard InChI is InChI=1S/C18H27N3OS/c1-3-14-9-5-7-11-16(14)20-17(22)12-19-18(23)21-15-10-6-4-8-13(15)2/h5,7,9,11,13,15H,3-4,6,8,10,12H2,1-2H3,(H,20,22)(H2,19,21,23)/t13-,15-/m0/s1. The van der Waals surface area contributed by atoms with Crippen LogP contribution >= 0.6 is 12.2 Å². The van der Waals surface area contributed by atoms with Gasteiger partial charge in [-0.3, -0.25) is 4.79 Å². The number of hydrogen-bond acceptors (Lipinski definition) is 2. The second-order valence-electron chi connectivity index (χ2n) is 6.25. The molecule has 1 amide bonds. The normalized spacial score (nSPS) is 20.6. The number of rotatable bonds is 5. The maximum atomic E-state index is 12.1. The Morgan fingerprint density at radius 1 is 1.26 bits per heavy atom. The van der Waals surface area contributed by atoms with Crippen molar-refractivity contribution in [2.45, 2.75) is 52.0 Å². The minimum absolute atomic E-state index is 0.0771. The van der Waals surface area contributed by atoms with Gasteiger partial charge >= 0.3 is 0 Å². The van der Waals surface area contributed by atoms with E-state index in [0.717, 1.165) is 24.1 Å². The lowest BCUT2D eigenvalue weighted by Gasteiger charge is -2.30. The fraction of sp³-hybridized carbons (Fsp3) is 0.556. The van der Waals surface area contributed by atoms with Crippen molar-refractivity contribution in [3.05, 3.63) is 29.8 Å². The Balaban J connectivity index is 1.76. The molecule has 0 radical (unpaired) electrons. The van der Waals surface area contributed by atoms with Crippen LogP contribution in [0.1, 0.15) is 45.1 Å². The minimum atomic E-state index is -0.0771. The number of benzene rings is 1. The van der Waals surface area contributed by atoms with E-state index < -0.39 is 0 Å². The first-order valence-electron chi connectivity index (χ1n) is 8.52. The van der Waals surface area contributed by atoms with E-state index in [2.05, 4.69) is 29.8 Å². The third-order valence-electron chi connectivity index (χ3n) is 4.51. The summed E-state index contributed by atoms with van der Waals surface area (Å²) in [5.74, 6) is 0.556. The molecule has 0 saturated heterocycles. The number of aryl methyl sites for hydroxylation is 1. The van der Waals surface area contributed by atoms with E-state index in [-0.39, 0.29) is 12.5 Å². The van der Waals surface area contributed by atoms with E-state index >= 15 is 0 Å². The molecule has 23 heavy (non-hydrogen) atoms. The van der Waals surface area contributed by atoms with Crippen molar-refractivity contribution < 1.29 is 4.79 Å². The van der Waals surface area contributed by atoms with Crippen molar-refractivity contribution >= 4 is 28.9 Å². The topological polar surface area (TPSA) is 53.2 Å². The lowest BCUT2D eigenvalue weighted by molar-refractivity contribution is -0.115. The third kappa shape index (κ3) is 5.50. The summed E-state index contributed by atoms with van der Waals surface area (Å²) in [6.45, 7) is 4.52. The Morgan fingerprint density at radius 2 is 2.00 bits per heavy atom. The first kappa shape index (κ1) is 17.7. The number of hydrogen-bond donors (Lipinski definition) is 3. The number of carbonyl (C=O) groups is 1. The first-order valence-corrected chi connectivity index (χ1v) is 8.93. The van der Waals surface area contributed by atoms with Crippen molar-refractivity contribution in [1.29, 1.82) is 0 Å². The molecule has 0 aromatic heterocycles. The summed E-state index contributed by atoms with van der Waals surface area (Å²) in [6.07, 6.45) is 5.84. The van der Waals surface area contributed by atoms with E-state index in [9.17, 15) is 4.79 Å². The molecule has 1 saturated carbocycles. The molecule has 126 valence electrons. The maximum absolute atomic E-state index is 12.1. The zero-order valence-corrected chi connectivity index (χ0v) is 14.8. The van der Waals surface area contributed by atoms with Gasteiger partial charge in [-0.15, -0.1) is 0 Å². The van der Waals surface area contributed by atoms with Crippen LogP contribution in [0.25, 0.3) is 0 Å². The largest absolute Gasteiger partial charge is 0.360 e. The predicted molar refractivity (Wildman–Crippen MR) is 99.6 cm³/mol. The van der Waals surface area contributed by atoms with Crippen LogP contribution in [0.4, 0.5) is 5.69 Å². The molecule has 1 aromatic carbocycles. The van der Waals surface area contributed by atoms with Crippen LogP contribution in [0, 0.1) is 5.92 Å². The van der Waals surface area contributed by atoms with Crippen LogP contribution in [-0.4, -0.2) is 23.6 Å². The highest BCUT2D eigenvalue weighted by Gasteiger charge is 2.21. The van der Waals surface area contributed by atoms with Gasteiger partial charge in [0, 0.05) is 11.7 Å². The fourth-order valence-electron chi connectivity index (χ4n) is 3.06. The van der Waals surface area contributed by atoms with Crippen molar-refractivity contribution in [3.63, 3.8) is 0 Å². The molecule has 0 heterocycles. The molecular weight excluding hydrogens is 306 g/mol. The fourth-order valence-corrected chi connectivity index (χ4v) is 3.28. The van der Waals surface area contributed by atoms with Crippen molar-refractivity contribution in [2.75, 3.05) is 11.9 Å². The Bertz CT molecular complexity index is 547. The van der Waals surface area contributed by atoms with Gasteiger partial charge in [0.15, 0.2) is 5.11 Å². The van der Waals surface area contributed by atoms with Gasteiger partial charge in [-0.1, -0.05) is 44.9 Å². The molecule has 3 N–H and O–H groups in total. The zero-order valence-electron chi connectivity index (χ0n) is 14.0. The van der Waals surface area contributed by atoms with Crippen LogP contribution < -0.4 is 16.0 Å². The minimum Gasteiger partial charge on any atom is -0.360 e. The van der Waals surface area contributed by atoms with E-state index in [1.54, 1.807) is 0 Å². The average Bonchev–Trinajstić information content (AvgIpc) is 2.55. The second-order valence-corrected chi connectivity index (χ2v) is 6.66. The molecule has 0 aliphatic heterocycles. The van der Waals surface area contributed by atoms with Gasteiger partial charge in [0.2, 0.25) is 5.91 Å². The molecule has 5 heteroatoms. The molecule has 0 unspecified atom stereocenters. The third-order valence-corrected chi connectivity index (χ3v) is 4.77. The SMILES string of the molecule is CCc1ccccc1NC(=O)CNC(=S)N[C@H]1CCCC[C@@H]1C. The van der Waals surface area contributed by atoms with Gasteiger partial charge in [0.05, 0.1) is 6.54 Å². The zero-order chi connectivity index (χ0) is 16.7. The van der Waals surface area contributed by atoms with Gasteiger partial charge in [-0.2, -0.15) is 0 Å². The van der Waals surface area contributed by atoms with Crippen LogP contribution in [0.15, 0.2) is 24.3 Å². The van der Waals surface area contributed by atoms with E-state index in [1.165, 1.54) is 19.3 Å². The second kappa shape index (κ2) is 8.87. The summed E-state index contributed by atoms with van der Waals surface area (Å²) >= 11 is 5.32. The number of nitrogens with one attached hydrogen (secondary N) is 3. The van der Waals surface area contributed by atoms with Crippen LogP contribution in [0.3, 0.4) is 0 Å². The quantitative estimate of drug-likeness (QED) is 0.724. The summed E-state index contributed by atoms with van der Waals surface area (Å²) in [5, 5.41) is 9.88. The average molecular weight is 334 g/mol. The lowest BCUT2D eigenvalue weighted by atomic mass is 9.86. The molecule has 4 nitrogen and oxygen atoms in total. The molecule has 0 bridgehead atoms. The molecule has 0 spiro atoms. The Morgan fingerprint density at radius 3 is 2.74 bits per heavy atom. The van der Waals surface area contributed by atoms with Gasteiger partial charge in [-0.25, -0.2) is 0 Å². The molecule has 2 rings (SSSR count). The van der Waals surface area contributed by atoms with Gasteiger partial charge in [-0.05, 0) is 49.0 Å². The Kier molecular flexibility index (Phi) is 6.84. The Labute approximate surface area is 144 Å². The van der Waals surface area contributed by atoms with Crippen LogP contribution in [0.2, 0.25) is 0 Å². The van der Waals surface area contributed by atoms with Crippen LogP contribution in [-0.2, 0) is 11.2 Å². The molecule has 1 aliphatic carbocycles. The molecule has 1 aromatic rings. The Hall–Kier alpha value is -1.62. The molecule has 2 atom stereocenters. The van der Waals surface area contributed by atoms with Gasteiger partial charge in [0.25, 0.3) is 0 Å². The number of para-hydroxylation sites is 1. The highest BCUT2D eigenvalue weighted by Crippen LogP contribution is 2.23. The number of amides is 1. The van der Waals surface area contributed by atoms with Gasteiger partial charge in [0.1, 0.15) is 0 Å². The predicted octanol–water partition coefficient (Wildman–Crippen LogP) is 3.23. The summed E-state index contributed by atoms with van der Waals surface area (Å²) in [4.78, 5) is 12.1. The van der Waals surface area contributed by atoms with Crippen molar-refractivity contribution in [2.24, 2.45) is 5.92 Å². The summed E-state index contributed by atoms with van der Waals surface area (Å²) in [5.41, 5.74) is 2.01. The maximum Gasteiger partial charge on any atom is 0.243 e. The smallest absolute Gasteiger partial charge is 0.243 e.